The highest BCUT2D eigenvalue weighted by Gasteiger charge is 2.15. The first-order chi connectivity index (χ1) is 7.60. The first-order valence-corrected chi connectivity index (χ1v) is 7.18. The fourth-order valence-electron chi connectivity index (χ4n) is 2.06. The van der Waals surface area contributed by atoms with Crippen molar-refractivity contribution in [2.45, 2.75) is 46.1 Å². The number of aryl methyl sites for hydroxylation is 1. The Morgan fingerprint density at radius 3 is 2.44 bits per heavy atom. The van der Waals surface area contributed by atoms with E-state index in [4.69, 9.17) is 5.73 Å². The van der Waals surface area contributed by atoms with Gasteiger partial charge in [-0.05, 0) is 53.0 Å². The molecule has 2 heteroatoms. The fraction of sp³-hybridized carbons (Fsp3) is 0.571. The van der Waals surface area contributed by atoms with E-state index in [1.54, 1.807) is 0 Å². The Morgan fingerprint density at radius 1 is 1.25 bits per heavy atom. The minimum Gasteiger partial charge on any atom is -0.324 e. The largest absolute Gasteiger partial charge is 0.324 e. The van der Waals surface area contributed by atoms with Crippen molar-refractivity contribution in [1.82, 2.24) is 0 Å². The fourth-order valence-corrected chi connectivity index (χ4v) is 2.82. The molecule has 0 heterocycles. The second-order valence-electron chi connectivity index (χ2n) is 4.50. The van der Waals surface area contributed by atoms with Crippen LogP contribution in [0.25, 0.3) is 0 Å². The van der Waals surface area contributed by atoms with E-state index in [1.807, 2.05) is 0 Å². The van der Waals surface area contributed by atoms with E-state index < -0.39 is 0 Å². The molecule has 90 valence electrons. The number of rotatable bonds is 5. The van der Waals surface area contributed by atoms with Crippen molar-refractivity contribution < 1.29 is 0 Å². The molecule has 0 bridgehead atoms. The lowest BCUT2D eigenvalue weighted by atomic mass is 9.91. The van der Waals surface area contributed by atoms with E-state index in [1.165, 1.54) is 27.5 Å². The van der Waals surface area contributed by atoms with Gasteiger partial charge in [0, 0.05) is 9.61 Å². The van der Waals surface area contributed by atoms with Gasteiger partial charge in [-0.15, -0.1) is 0 Å². The smallest absolute Gasteiger partial charge is 0.0308 e. The third kappa shape index (κ3) is 3.45. The monoisotopic (exact) mass is 331 g/mol. The summed E-state index contributed by atoms with van der Waals surface area (Å²) >= 11 is 2.41. The maximum absolute atomic E-state index is 6.31. The van der Waals surface area contributed by atoms with Gasteiger partial charge >= 0.3 is 0 Å². The van der Waals surface area contributed by atoms with E-state index in [0.29, 0.717) is 0 Å². The molecule has 0 aromatic heterocycles. The first-order valence-electron chi connectivity index (χ1n) is 6.10. The van der Waals surface area contributed by atoms with E-state index in [-0.39, 0.29) is 6.04 Å². The van der Waals surface area contributed by atoms with Gasteiger partial charge in [0.1, 0.15) is 0 Å². The molecule has 2 N–H and O–H groups in total. The molecular formula is C14H22IN. The van der Waals surface area contributed by atoms with Gasteiger partial charge in [0.2, 0.25) is 0 Å². The number of hydrogen-bond donors (Lipinski definition) is 1. The number of benzene rings is 1. The third-order valence-corrected chi connectivity index (χ3v) is 4.84. The molecule has 1 nitrogen and oxygen atoms in total. The van der Waals surface area contributed by atoms with Crippen molar-refractivity contribution in [2.24, 2.45) is 11.7 Å². The summed E-state index contributed by atoms with van der Waals surface area (Å²) in [5.74, 6) is 0.756. The number of hydrogen-bond acceptors (Lipinski definition) is 1. The van der Waals surface area contributed by atoms with Crippen LogP contribution >= 0.6 is 22.6 Å². The molecule has 0 saturated carbocycles. The molecule has 0 fully saturated rings. The Kier molecular flexibility index (Phi) is 5.76. The summed E-state index contributed by atoms with van der Waals surface area (Å²) in [7, 11) is 0. The maximum atomic E-state index is 6.31. The predicted molar refractivity (Wildman–Crippen MR) is 79.5 cm³/mol. The van der Waals surface area contributed by atoms with Crippen molar-refractivity contribution in [3.8, 4) is 0 Å². The van der Waals surface area contributed by atoms with Gasteiger partial charge in [0.25, 0.3) is 0 Å². The molecule has 0 amide bonds. The number of halogens is 1. The van der Waals surface area contributed by atoms with Crippen LogP contribution in [0.5, 0.6) is 0 Å². The average Bonchev–Trinajstić information content (AvgIpc) is 2.29. The van der Waals surface area contributed by atoms with Crippen LogP contribution in [-0.2, 0) is 0 Å². The zero-order chi connectivity index (χ0) is 12.1. The summed E-state index contributed by atoms with van der Waals surface area (Å²) in [6.07, 6.45) is 3.56. The molecule has 0 radical (unpaired) electrons. The summed E-state index contributed by atoms with van der Waals surface area (Å²) in [6.45, 7) is 6.65. The van der Waals surface area contributed by atoms with Crippen molar-refractivity contribution in [3.05, 3.63) is 32.9 Å². The maximum Gasteiger partial charge on any atom is 0.0308 e. The van der Waals surface area contributed by atoms with Gasteiger partial charge in [-0.3, -0.25) is 0 Å². The van der Waals surface area contributed by atoms with Gasteiger partial charge in [0.15, 0.2) is 0 Å². The second kappa shape index (κ2) is 6.60. The standard InChI is InChI=1S/C14H22IN/c1-4-11(5-2)9-13(16)12-8-6-7-10(3)14(12)15/h6-8,11,13H,4-5,9,16H2,1-3H3. The lowest BCUT2D eigenvalue weighted by molar-refractivity contribution is 0.414. The molecule has 1 rings (SSSR count). The quantitative estimate of drug-likeness (QED) is 0.794. The Labute approximate surface area is 113 Å². The molecule has 0 saturated heterocycles. The normalized spacial score (nSPS) is 13.1. The van der Waals surface area contributed by atoms with E-state index in [9.17, 15) is 0 Å². The van der Waals surface area contributed by atoms with Gasteiger partial charge in [0.05, 0.1) is 0 Å². The van der Waals surface area contributed by atoms with Crippen LogP contribution in [0.15, 0.2) is 18.2 Å². The van der Waals surface area contributed by atoms with Gasteiger partial charge in [-0.25, -0.2) is 0 Å². The highest BCUT2D eigenvalue weighted by Crippen LogP contribution is 2.27. The van der Waals surface area contributed by atoms with Crippen LogP contribution in [0, 0.1) is 16.4 Å². The van der Waals surface area contributed by atoms with Crippen LogP contribution < -0.4 is 5.73 Å². The zero-order valence-electron chi connectivity index (χ0n) is 10.5. The minimum atomic E-state index is 0.191. The average molecular weight is 331 g/mol. The van der Waals surface area contributed by atoms with Crippen LogP contribution in [0.1, 0.15) is 50.3 Å². The van der Waals surface area contributed by atoms with Crippen LogP contribution in [0.4, 0.5) is 0 Å². The molecule has 0 aliphatic heterocycles. The van der Waals surface area contributed by atoms with Gasteiger partial charge in [-0.2, -0.15) is 0 Å². The van der Waals surface area contributed by atoms with Crippen LogP contribution in [0.3, 0.4) is 0 Å². The summed E-state index contributed by atoms with van der Waals surface area (Å²) in [6, 6.07) is 6.62. The topological polar surface area (TPSA) is 26.0 Å². The summed E-state index contributed by atoms with van der Waals surface area (Å²) < 4.78 is 1.33. The molecule has 1 atom stereocenters. The molecule has 1 aromatic rings. The number of nitrogens with two attached hydrogens (primary N) is 1. The van der Waals surface area contributed by atoms with Crippen LogP contribution in [0.2, 0.25) is 0 Å². The van der Waals surface area contributed by atoms with Crippen molar-refractivity contribution >= 4 is 22.6 Å². The molecule has 1 unspecified atom stereocenters. The molecular weight excluding hydrogens is 309 g/mol. The molecule has 1 aromatic carbocycles. The van der Waals surface area contributed by atoms with Crippen molar-refractivity contribution in [1.29, 1.82) is 0 Å². The Bertz CT molecular complexity index is 332. The first kappa shape index (κ1) is 14.0. The highest BCUT2D eigenvalue weighted by atomic mass is 127. The lowest BCUT2D eigenvalue weighted by Crippen LogP contribution is -2.16. The van der Waals surface area contributed by atoms with Crippen molar-refractivity contribution in [2.75, 3.05) is 0 Å². The molecule has 0 aliphatic rings. The van der Waals surface area contributed by atoms with E-state index in [2.05, 4.69) is 61.6 Å². The molecule has 0 aliphatic carbocycles. The van der Waals surface area contributed by atoms with Crippen molar-refractivity contribution in [3.63, 3.8) is 0 Å². The second-order valence-corrected chi connectivity index (χ2v) is 5.58. The Balaban J connectivity index is 2.80. The molecule has 0 spiro atoms. The summed E-state index contributed by atoms with van der Waals surface area (Å²) in [5.41, 5.74) is 8.96. The SMILES string of the molecule is CCC(CC)CC(N)c1cccc(C)c1I. The van der Waals surface area contributed by atoms with Gasteiger partial charge in [-0.1, -0.05) is 44.9 Å². The minimum absolute atomic E-state index is 0.191. The summed E-state index contributed by atoms with van der Waals surface area (Å²) in [4.78, 5) is 0. The third-order valence-electron chi connectivity index (χ3n) is 3.36. The highest BCUT2D eigenvalue weighted by molar-refractivity contribution is 14.1. The molecule has 16 heavy (non-hydrogen) atoms. The van der Waals surface area contributed by atoms with E-state index in [0.717, 1.165) is 12.3 Å². The Hall–Kier alpha value is -0.0900. The van der Waals surface area contributed by atoms with Crippen LogP contribution in [-0.4, -0.2) is 0 Å². The Morgan fingerprint density at radius 2 is 1.88 bits per heavy atom. The van der Waals surface area contributed by atoms with E-state index >= 15 is 0 Å². The summed E-state index contributed by atoms with van der Waals surface area (Å²) in [5, 5.41) is 0. The zero-order valence-corrected chi connectivity index (χ0v) is 12.6. The van der Waals surface area contributed by atoms with Gasteiger partial charge < -0.3 is 5.73 Å². The lowest BCUT2D eigenvalue weighted by Gasteiger charge is -2.20. The predicted octanol–water partition coefficient (Wildman–Crippen LogP) is 4.43.